The summed E-state index contributed by atoms with van der Waals surface area (Å²) in [6, 6.07) is 12.5. The maximum atomic E-state index is 12.1. The highest BCUT2D eigenvalue weighted by molar-refractivity contribution is 9.10. The van der Waals surface area contributed by atoms with E-state index in [-0.39, 0.29) is 11.8 Å². The lowest BCUT2D eigenvalue weighted by Crippen LogP contribution is -2.10. The second-order valence-corrected chi connectivity index (χ2v) is 6.10. The third-order valence-corrected chi connectivity index (χ3v) is 3.86. The Morgan fingerprint density at radius 1 is 1.08 bits per heavy atom. The van der Waals surface area contributed by atoms with E-state index in [1.54, 1.807) is 44.4 Å². The van der Waals surface area contributed by atoms with Gasteiger partial charge in [-0.25, -0.2) is 0 Å². The molecular formula is C19H19BrN2O3. The highest BCUT2D eigenvalue weighted by Gasteiger charge is 2.03. The van der Waals surface area contributed by atoms with E-state index in [9.17, 15) is 9.59 Å². The number of ether oxygens (including phenoxy) is 1. The quantitative estimate of drug-likeness (QED) is 0.700. The van der Waals surface area contributed by atoms with Crippen LogP contribution in [-0.4, -0.2) is 18.9 Å². The van der Waals surface area contributed by atoms with E-state index in [0.29, 0.717) is 23.5 Å². The molecule has 130 valence electrons. The Hall–Kier alpha value is -2.60. The van der Waals surface area contributed by atoms with Crippen molar-refractivity contribution < 1.29 is 14.3 Å². The van der Waals surface area contributed by atoms with Crippen molar-refractivity contribution in [2.45, 2.75) is 13.3 Å². The SMILES string of the molecule is CCC(=O)Nc1ccc(NC(=O)/C=C/c2cc(Br)ccc2OC)cc1. The maximum Gasteiger partial charge on any atom is 0.248 e. The summed E-state index contributed by atoms with van der Waals surface area (Å²) in [5, 5.41) is 5.52. The van der Waals surface area contributed by atoms with Gasteiger partial charge in [0.15, 0.2) is 0 Å². The predicted molar refractivity (Wildman–Crippen MR) is 104 cm³/mol. The molecule has 2 N–H and O–H groups in total. The Bertz CT molecular complexity index is 786. The molecule has 0 saturated heterocycles. The lowest BCUT2D eigenvalue weighted by atomic mass is 10.2. The number of carbonyl (C=O) groups is 2. The fourth-order valence-corrected chi connectivity index (χ4v) is 2.45. The molecule has 2 aromatic rings. The van der Waals surface area contributed by atoms with Crippen LogP contribution >= 0.6 is 15.9 Å². The van der Waals surface area contributed by atoms with Gasteiger partial charge in [0.2, 0.25) is 11.8 Å². The molecule has 5 nitrogen and oxygen atoms in total. The van der Waals surface area contributed by atoms with Crippen LogP contribution in [0.3, 0.4) is 0 Å². The summed E-state index contributed by atoms with van der Waals surface area (Å²) in [6.45, 7) is 1.79. The van der Waals surface area contributed by atoms with Crippen molar-refractivity contribution >= 4 is 45.2 Å². The average Bonchev–Trinajstić information content (AvgIpc) is 2.61. The molecule has 2 aromatic carbocycles. The number of carbonyl (C=O) groups excluding carboxylic acids is 2. The average molecular weight is 403 g/mol. The number of hydrogen-bond acceptors (Lipinski definition) is 3. The van der Waals surface area contributed by atoms with E-state index in [0.717, 1.165) is 10.0 Å². The fraction of sp³-hybridized carbons (Fsp3) is 0.158. The normalized spacial score (nSPS) is 10.5. The van der Waals surface area contributed by atoms with Gasteiger partial charge in [-0.2, -0.15) is 0 Å². The second kappa shape index (κ2) is 9.03. The van der Waals surface area contributed by atoms with Crippen LogP contribution < -0.4 is 15.4 Å². The van der Waals surface area contributed by atoms with Gasteiger partial charge in [0, 0.05) is 33.9 Å². The molecule has 0 bridgehead atoms. The molecule has 0 atom stereocenters. The fourth-order valence-electron chi connectivity index (χ4n) is 2.07. The molecule has 0 unspecified atom stereocenters. The third kappa shape index (κ3) is 5.76. The predicted octanol–water partition coefficient (Wildman–Crippen LogP) is 4.46. The number of amides is 2. The number of methoxy groups -OCH3 is 1. The largest absolute Gasteiger partial charge is 0.496 e. The zero-order chi connectivity index (χ0) is 18.2. The third-order valence-electron chi connectivity index (χ3n) is 3.36. The van der Waals surface area contributed by atoms with E-state index in [2.05, 4.69) is 26.6 Å². The molecule has 6 heteroatoms. The standard InChI is InChI=1S/C19H19BrN2O3/c1-3-18(23)21-15-6-8-16(9-7-15)22-19(24)11-4-13-12-14(20)5-10-17(13)25-2/h4-12H,3H2,1-2H3,(H,21,23)(H,22,24)/b11-4+. The Kier molecular flexibility index (Phi) is 6.77. The van der Waals surface area contributed by atoms with E-state index >= 15 is 0 Å². The lowest BCUT2D eigenvalue weighted by Gasteiger charge is -2.07. The Labute approximate surface area is 155 Å². The van der Waals surface area contributed by atoms with Crippen LogP contribution in [0.25, 0.3) is 6.08 Å². The van der Waals surface area contributed by atoms with Gasteiger partial charge in [-0.1, -0.05) is 22.9 Å². The van der Waals surface area contributed by atoms with Crippen LogP contribution in [-0.2, 0) is 9.59 Å². The molecule has 0 aliphatic rings. The first-order chi connectivity index (χ1) is 12.0. The molecule has 0 aliphatic heterocycles. The van der Waals surface area contributed by atoms with E-state index < -0.39 is 0 Å². The minimum Gasteiger partial charge on any atom is -0.496 e. The zero-order valence-electron chi connectivity index (χ0n) is 14.0. The molecule has 0 saturated carbocycles. The van der Waals surface area contributed by atoms with Gasteiger partial charge < -0.3 is 15.4 Å². The van der Waals surface area contributed by atoms with E-state index in [1.807, 2.05) is 18.2 Å². The van der Waals surface area contributed by atoms with Gasteiger partial charge in [-0.3, -0.25) is 9.59 Å². The Morgan fingerprint density at radius 3 is 2.32 bits per heavy atom. The topological polar surface area (TPSA) is 67.4 Å². The number of hydrogen-bond donors (Lipinski definition) is 2. The molecular weight excluding hydrogens is 384 g/mol. The molecule has 25 heavy (non-hydrogen) atoms. The second-order valence-electron chi connectivity index (χ2n) is 5.19. The monoisotopic (exact) mass is 402 g/mol. The van der Waals surface area contributed by atoms with E-state index in [4.69, 9.17) is 4.74 Å². The molecule has 2 amide bonds. The van der Waals surface area contributed by atoms with Gasteiger partial charge >= 0.3 is 0 Å². The molecule has 0 fully saturated rings. The van der Waals surface area contributed by atoms with Gasteiger partial charge in [0.05, 0.1) is 7.11 Å². The summed E-state index contributed by atoms with van der Waals surface area (Å²) in [6.07, 6.45) is 3.55. The number of benzene rings is 2. The summed E-state index contributed by atoms with van der Waals surface area (Å²) < 4.78 is 6.17. The maximum absolute atomic E-state index is 12.1. The van der Waals surface area contributed by atoms with Crippen molar-refractivity contribution in [3.05, 3.63) is 58.6 Å². The van der Waals surface area contributed by atoms with Gasteiger partial charge in [-0.05, 0) is 48.5 Å². The molecule has 0 aliphatic carbocycles. The van der Waals surface area contributed by atoms with Crippen LogP contribution in [0.4, 0.5) is 11.4 Å². The Balaban J connectivity index is 2.00. The van der Waals surface area contributed by atoms with Crippen LogP contribution in [0.15, 0.2) is 53.0 Å². The Morgan fingerprint density at radius 2 is 1.72 bits per heavy atom. The van der Waals surface area contributed by atoms with Crippen LogP contribution in [0.5, 0.6) is 5.75 Å². The number of halogens is 1. The first kappa shape index (κ1) is 18.7. The number of anilines is 2. The van der Waals surface area contributed by atoms with Crippen molar-refractivity contribution in [3.8, 4) is 5.75 Å². The highest BCUT2D eigenvalue weighted by Crippen LogP contribution is 2.24. The molecule has 0 radical (unpaired) electrons. The summed E-state index contributed by atoms with van der Waals surface area (Å²) in [4.78, 5) is 23.4. The van der Waals surface area contributed by atoms with Crippen LogP contribution in [0.2, 0.25) is 0 Å². The molecule has 0 heterocycles. The molecule has 0 spiro atoms. The van der Waals surface area contributed by atoms with Gasteiger partial charge in [0.25, 0.3) is 0 Å². The first-order valence-corrected chi connectivity index (χ1v) is 8.53. The van der Waals surface area contributed by atoms with Crippen LogP contribution in [0.1, 0.15) is 18.9 Å². The van der Waals surface area contributed by atoms with Crippen LogP contribution in [0, 0.1) is 0 Å². The zero-order valence-corrected chi connectivity index (χ0v) is 15.6. The summed E-state index contributed by atoms with van der Waals surface area (Å²) in [5.41, 5.74) is 2.13. The minimum atomic E-state index is -0.257. The lowest BCUT2D eigenvalue weighted by molar-refractivity contribution is -0.116. The molecule has 0 aromatic heterocycles. The molecule has 2 rings (SSSR count). The summed E-state index contributed by atoms with van der Waals surface area (Å²) in [7, 11) is 1.58. The van der Waals surface area contributed by atoms with Crippen molar-refractivity contribution in [1.29, 1.82) is 0 Å². The highest BCUT2D eigenvalue weighted by atomic mass is 79.9. The van der Waals surface area contributed by atoms with Crippen molar-refractivity contribution in [1.82, 2.24) is 0 Å². The van der Waals surface area contributed by atoms with E-state index in [1.165, 1.54) is 6.08 Å². The minimum absolute atomic E-state index is 0.0531. The van der Waals surface area contributed by atoms with Gasteiger partial charge in [-0.15, -0.1) is 0 Å². The number of rotatable bonds is 6. The van der Waals surface area contributed by atoms with Crippen molar-refractivity contribution in [2.75, 3.05) is 17.7 Å². The summed E-state index contributed by atoms with van der Waals surface area (Å²) >= 11 is 3.40. The summed E-state index contributed by atoms with van der Waals surface area (Å²) in [5.74, 6) is 0.373. The van der Waals surface area contributed by atoms with Gasteiger partial charge in [0.1, 0.15) is 5.75 Å². The first-order valence-electron chi connectivity index (χ1n) is 7.74. The number of nitrogens with one attached hydrogen (secondary N) is 2. The van der Waals surface area contributed by atoms with Crippen molar-refractivity contribution in [3.63, 3.8) is 0 Å². The van der Waals surface area contributed by atoms with Crippen molar-refractivity contribution in [2.24, 2.45) is 0 Å². The smallest absolute Gasteiger partial charge is 0.248 e.